The van der Waals surface area contributed by atoms with Crippen LogP contribution in [-0.4, -0.2) is 24.5 Å². The molecule has 5 nitrogen and oxygen atoms in total. The molecule has 5 heteroatoms. The number of benzene rings is 1. The van der Waals surface area contributed by atoms with E-state index < -0.39 is 11.8 Å². The van der Waals surface area contributed by atoms with E-state index in [9.17, 15) is 9.59 Å². The lowest BCUT2D eigenvalue weighted by molar-refractivity contribution is -0.136. The fourth-order valence-corrected chi connectivity index (χ4v) is 2.48. The van der Waals surface area contributed by atoms with Crippen LogP contribution in [0, 0.1) is 0 Å². The summed E-state index contributed by atoms with van der Waals surface area (Å²) in [6, 6.07) is 6.99. The molecule has 1 aliphatic rings. The topological polar surface area (TPSA) is 67.4 Å². The summed E-state index contributed by atoms with van der Waals surface area (Å²) in [4.78, 5) is 23.7. The van der Waals surface area contributed by atoms with Crippen LogP contribution in [0.2, 0.25) is 0 Å². The van der Waals surface area contributed by atoms with E-state index in [-0.39, 0.29) is 6.04 Å². The number of amides is 2. The molecule has 22 heavy (non-hydrogen) atoms. The van der Waals surface area contributed by atoms with Gasteiger partial charge in [0, 0.05) is 11.7 Å². The second kappa shape index (κ2) is 8.22. The zero-order chi connectivity index (χ0) is 15.8. The highest BCUT2D eigenvalue weighted by Crippen LogP contribution is 2.18. The van der Waals surface area contributed by atoms with Gasteiger partial charge < -0.3 is 15.4 Å². The monoisotopic (exact) mass is 302 g/mol. The number of hydrogen-bond acceptors (Lipinski definition) is 3. The molecule has 1 aromatic rings. The third-order valence-corrected chi connectivity index (χ3v) is 3.63. The molecule has 0 aliphatic heterocycles. The van der Waals surface area contributed by atoms with Crippen molar-refractivity contribution in [3.63, 3.8) is 0 Å². The van der Waals surface area contributed by atoms with Gasteiger partial charge in [0.15, 0.2) is 0 Å². The van der Waals surface area contributed by atoms with Crippen LogP contribution >= 0.6 is 0 Å². The van der Waals surface area contributed by atoms with Gasteiger partial charge in [0.2, 0.25) is 0 Å². The first-order chi connectivity index (χ1) is 10.7. The minimum absolute atomic E-state index is 0.127. The molecule has 1 aromatic carbocycles. The Labute approximate surface area is 130 Å². The Bertz CT molecular complexity index is 519. The van der Waals surface area contributed by atoms with E-state index in [1.807, 2.05) is 0 Å². The molecule has 0 atom stereocenters. The van der Waals surface area contributed by atoms with E-state index in [0.717, 1.165) is 25.7 Å². The van der Waals surface area contributed by atoms with Gasteiger partial charge in [-0.3, -0.25) is 9.59 Å². The molecule has 0 heterocycles. The Morgan fingerprint density at radius 1 is 1.14 bits per heavy atom. The molecule has 2 N–H and O–H groups in total. The Balaban J connectivity index is 1.82. The van der Waals surface area contributed by atoms with E-state index in [2.05, 4.69) is 17.2 Å². The first-order valence-electron chi connectivity index (χ1n) is 7.64. The lowest BCUT2D eigenvalue weighted by atomic mass is 9.95. The zero-order valence-corrected chi connectivity index (χ0v) is 12.6. The van der Waals surface area contributed by atoms with Crippen LogP contribution < -0.4 is 15.4 Å². The average Bonchev–Trinajstić information content (AvgIpc) is 2.55. The Morgan fingerprint density at radius 3 is 2.45 bits per heavy atom. The summed E-state index contributed by atoms with van der Waals surface area (Å²) >= 11 is 0. The first kappa shape index (κ1) is 16.1. The number of ether oxygens (including phenoxy) is 1. The molecule has 0 aromatic heterocycles. The van der Waals surface area contributed by atoms with Gasteiger partial charge in [-0.2, -0.15) is 0 Å². The Kier molecular flexibility index (Phi) is 6.01. The van der Waals surface area contributed by atoms with Crippen molar-refractivity contribution in [3.8, 4) is 5.75 Å². The van der Waals surface area contributed by atoms with Crippen molar-refractivity contribution in [1.82, 2.24) is 5.32 Å². The van der Waals surface area contributed by atoms with E-state index in [0.29, 0.717) is 18.0 Å². The van der Waals surface area contributed by atoms with Gasteiger partial charge in [0.1, 0.15) is 12.4 Å². The Morgan fingerprint density at radius 2 is 1.82 bits per heavy atom. The van der Waals surface area contributed by atoms with E-state index in [1.165, 1.54) is 6.42 Å². The summed E-state index contributed by atoms with van der Waals surface area (Å²) in [5.41, 5.74) is 0.565. The number of carbonyl (C=O) groups is 2. The fraction of sp³-hybridized carbons (Fsp3) is 0.412. The molecule has 0 unspecified atom stereocenters. The van der Waals surface area contributed by atoms with E-state index in [4.69, 9.17) is 4.74 Å². The van der Waals surface area contributed by atoms with Crippen LogP contribution in [0.25, 0.3) is 0 Å². The van der Waals surface area contributed by atoms with Gasteiger partial charge in [-0.25, -0.2) is 0 Å². The molecule has 2 rings (SSSR count). The summed E-state index contributed by atoms with van der Waals surface area (Å²) in [7, 11) is 0. The zero-order valence-electron chi connectivity index (χ0n) is 12.6. The first-order valence-corrected chi connectivity index (χ1v) is 7.64. The molecule has 0 bridgehead atoms. The number of hydrogen-bond donors (Lipinski definition) is 2. The third kappa shape index (κ3) is 4.91. The highest BCUT2D eigenvalue weighted by molar-refractivity contribution is 6.39. The SMILES string of the molecule is C=CCOc1ccc(NC(=O)C(=O)NC2CCCCC2)cc1. The number of carbonyl (C=O) groups excluding carboxylic acids is 2. The maximum atomic E-state index is 11.9. The molecule has 1 fully saturated rings. The maximum absolute atomic E-state index is 11.9. The maximum Gasteiger partial charge on any atom is 0.313 e. The van der Waals surface area contributed by atoms with Crippen LogP contribution in [0.5, 0.6) is 5.75 Å². The smallest absolute Gasteiger partial charge is 0.313 e. The van der Waals surface area contributed by atoms with Crippen LogP contribution in [0.4, 0.5) is 5.69 Å². The van der Waals surface area contributed by atoms with Crippen molar-refractivity contribution in [2.24, 2.45) is 0 Å². The molecule has 0 spiro atoms. The number of nitrogens with one attached hydrogen (secondary N) is 2. The van der Waals surface area contributed by atoms with Crippen molar-refractivity contribution in [3.05, 3.63) is 36.9 Å². The number of rotatable bonds is 5. The predicted octanol–water partition coefficient (Wildman–Crippen LogP) is 2.64. The standard InChI is InChI=1S/C17H22N2O3/c1-2-12-22-15-10-8-14(9-11-15)19-17(21)16(20)18-13-6-4-3-5-7-13/h2,8-11,13H,1,3-7,12H2,(H,18,20)(H,19,21). The molecule has 0 radical (unpaired) electrons. The Hall–Kier alpha value is -2.30. The van der Waals surface area contributed by atoms with Crippen LogP contribution in [0.1, 0.15) is 32.1 Å². The summed E-state index contributed by atoms with van der Waals surface area (Å²) in [6.45, 7) is 4.00. The van der Waals surface area contributed by atoms with Crippen molar-refractivity contribution in [2.75, 3.05) is 11.9 Å². The lowest BCUT2D eigenvalue weighted by Crippen LogP contribution is -2.42. The van der Waals surface area contributed by atoms with Gasteiger partial charge >= 0.3 is 11.8 Å². The molecule has 118 valence electrons. The molecular formula is C17H22N2O3. The summed E-state index contributed by atoms with van der Waals surface area (Å²) in [5, 5.41) is 5.38. The van der Waals surface area contributed by atoms with Gasteiger partial charge in [0.25, 0.3) is 0 Å². The van der Waals surface area contributed by atoms with Gasteiger partial charge in [-0.1, -0.05) is 31.9 Å². The van der Waals surface area contributed by atoms with E-state index >= 15 is 0 Å². The van der Waals surface area contributed by atoms with E-state index in [1.54, 1.807) is 30.3 Å². The summed E-state index contributed by atoms with van der Waals surface area (Å²) in [5.74, 6) is -0.520. The third-order valence-electron chi connectivity index (χ3n) is 3.63. The highest BCUT2D eigenvalue weighted by atomic mass is 16.5. The summed E-state index contributed by atoms with van der Waals surface area (Å²) in [6.07, 6.45) is 6.99. The largest absolute Gasteiger partial charge is 0.490 e. The van der Waals surface area contributed by atoms with Crippen LogP contribution in [0.3, 0.4) is 0 Å². The van der Waals surface area contributed by atoms with Crippen molar-refractivity contribution in [1.29, 1.82) is 0 Å². The summed E-state index contributed by atoms with van der Waals surface area (Å²) < 4.78 is 5.35. The molecular weight excluding hydrogens is 280 g/mol. The highest BCUT2D eigenvalue weighted by Gasteiger charge is 2.20. The van der Waals surface area contributed by atoms with Crippen molar-refractivity contribution in [2.45, 2.75) is 38.1 Å². The van der Waals surface area contributed by atoms with Gasteiger partial charge in [0.05, 0.1) is 0 Å². The van der Waals surface area contributed by atoms with Gasteiger partial charge in [-0.15, -0.1) is 0 Å². The van der Waals surface area contributed by atoms with Crippen molar-refractivity contribution >= 4 is 17.5 Å². The molecule has 1 saturated carbocycles. The number of anilines is 1. The minimum Gasteiger partial charge on any atom is -0.490 e. The van der Waals surface area contributed by atoms with Crippen molar-refractivity contribution < 1.29 is 14.3 Å². The molecule has 2 amide bonds. The fourth-order valence-electron chi connectivity index (χ4n) is 2.48. The normalized spacial score (nSPS) is 14.9. The minimum atomic E-state index is -0.634. The van der Waals surface area contributed by atoms with Gasteiger partial charge in [-0.05, 0) is 37.1 Å². The quantitative estimate of drug-likeness (QED) is 0.649. The predicted molar refractivity (Wildman–Crippen MR) is 85.8 cm³/mol. The lowest BCUT2D eigenvalue weighted by Gasteiger charge is -2.22. The molecule has 0 saturated heterocycles. The second-order valence-electron chi connectivity index (χ2n) is 5.39. The van der Waals surface area contributed by atoms with Crippen LogP contribution in [0.15, 0.2) is 36.9 Å². The molecule has 1 aliphatic carbocycles. The second-order valence-corrected chi connectivity index (χ2v) is 5.39. The van der Waals surface area contributed by atoms with Crippen LogP contribution in [-0.2, 0) is 9.59 Å². The average molecular weight is 302 g/mol.